The molecule has 0 bridgehead atoms. The third kappa shape index (κ3) is 1.37. The summed E-state index contributed by atoms with van der Waals surface area (Å²) < 4.78 is 5.16. The Morgan fingerprint density at radius 3 is 2.60 bits per heavy atom. The van der Waals surface area contributed by atoms with Gasteiger partial charge in [0.1, 0.15) is 5.78 Å². The van der Waals surface area contributed by atoms with Gasteiger partial charge in [-0.25, -0.2) is 0 Å². The van der Waals surface area contributed by atoms with Crippen molar-refractivity contribution in [3.05, 3.63) is 0 Å². The van der Waals surface area contributed by atoms with Gasteiger partial charge in [0.15, 0.2) is 0 Å². The molecule has 0 aromatic carbocycles. The predicted molar refractivity (Wildman–Crippen MR) is 38.8 cm³/mol. The van der Waals surface area contributed by atoms with Gasteiger partial charge in [-0.3, -0.25) is 4.79 Å². The highest BCUT2D eigenvalue weighted by Gasteiger charge is 2.30. The standard InChI is InChI=1S/C8H14O2/c1-6(9)7-4-3-5-8(7)10-2/h7-8H,3-5H2,1-2H3. The van der Waals surface area contributed by atoms with Crippen molar-refractivity contribution in [1.82, 2.24) is 0 Å². The molecule has 1 fully saturated rings. The van der Waals surface area contributed by atoms with Gasteiger partial charge in [0.05, 0.1) is 6.10 Å². The van der Waals surface area contributed by atoms with E-state index < -0.39 is 0 Å². The first-order valence-electron chi connectivity index (χ1n) is 3.79. The highest BCUT2D eigenvalue weighted by Crippen LogP contribution is 2.28. The Morgan fingerprint density at radius 1 is 1.50 bits per heavy atom. The molecule has 10 heavy (non-hydrogen) atoms. The fourth-order valence-corrected chi connectivity index (χ4v) is 1.67. The predicted octanol–water partition coefficient (Wildman–Crippen LogP) is 1.39. The fourth-order valence-electron chi connectivity index (χ4n) is 1.67. The Hall–Kier alpha value is -0.370. The second-order valence-corrected chi connectivity index (χ2v) is 2.92. The average Bonchev–Trinajstić information content (AvgIpc) is 2.33. The van der Waals surface area contributed by atoms with Crippen LogP contribution in [-0.2, 0) is 9.53 Å². The normalized spacial score (nSPS) is 32.6. The maximum atomic E-state index is 10.9. The summed E-state index contributed by atoms with van der Waals surface area (Å²) in [6.45, 7) is 1.65. The molecule has 0 aliphatic heterocycles. The molecule has 0 saturated heterocycles. The number of Topliss-reactive ketones (excluding diaryl/α,β-unsaturated/α-hetero) is 1. The van der Waals surface area contributed by atoms with Crippen LogP contribution in [-0.4, -0.2) is 19.0 Å². The van der Waals surface area contributed by atoms with Gasteiger partial charge in [0.2, 0.25) is 0 Å². The van der Waals surface area contributed by atoms with Gasteiger partial charge in [0, 0.05) is 13.0 Å². The Balaban J connectivity index is 2.50. The number of ether oxygens (including phenoxy) is 1. The topological polar surface area (TPSA) is 26.3 Å². The van der Waals surface area contributed by atoms with Gasteiger partial charge in [-0.05, 0) is 19.8 Å². The second-order valence-electron chi connectivity index (χ2n) is 2.92. The number of carbonyl (C=O) groups is 1. The number of rotatable bonds is 2. The molecule has 2 nitrogen and oxygen atoms in total. The monoisotopic (exact) mass is 142 g/mol. The quantitative estimate of drug-likeness (QED) is 0.582. The number of methoxy groups -OCH3 is 1. The van der Waals surface area contributed by atoms with Crippen LogP contribution in [0.5, 0.6) is 0 Å². The van der Waals surface area contributed by atoms with E-state index in [1.165, 1.54) is 0 Å². The first-order valence-corrected chi connectivity index (χ1v) is 3.79. The highest BCUT2D eigenvalue weighted by molar-refractivity contribution is 5.79. The van der Waals surface area contributed by atoms with E-state index >= 15 is 0 Å². The third-order valence-electron chi connectivity index (χ3n) is 2.28. The number of carbonyl (C=O) groups excluding carboxylic acids is 1. The average molecular weight is 142 g/mol. The number of ketones is 1. The number of hydrogen-bond acceptors (Lipinski definition) is 2. The van der Waals surface area contributed by atoms with Gasteiger partial charge in [0.25, 0.3) is 0 Å². The first kappa shape index (κ1) is 7.73. The van der Waals surface area contributed by atoms with Crippen LogP contribution in [0.3, 0.4) is 0 Å². The smallest absolute Gasteiger partial charge is 0.135 e. The lowest BCUT2D eigenvalue weighted by Crippen LogP contribution is -2.22. The van der Waals surface area contributed by atoms with Gasteiger partial charge < -0.3 is 4.74 Å². The summed E-state index contributed by atoms with van der Waals surface area (Å²) in [6, 6.07) is 0. The van der Waals surface area contributed by atoms with E-state index in [4.69, 9.17) is 4.74 Å². The van der Waals surface area contributed by atoms with Gasteiger partial charge in [-0.1, -0.05) is 6.42 Å². The lowest BCUT2D eigenvalue weighted by atomic mass is 10.0. The van der Waals surface area contributed by atoms with Crippen molar-refractivity contribution in [1.29, 1.82) is 0 Å². The Labute approximate surface area is 61.6 Å². The molecule has 0 heterocycles. The van der Waals surface area contributed by atoms with Crippen molar-refractivity contribution in [2.45, 2.75) is 32.3 Å². The van der Waals surface area contributed by atoms with Crippen LogP contribution in [0.1, 0.15) is 26.2 Å². The summed E-state index contributed by atoms with van der Waals surface area (Å²) in [5.41, 5.74) is 0. The molecule has 2 unspecified atom stereocenters. The largest absolute Gasteiger partial charge is 0.381 e. The Kier molecular flexibility index (Phi) is 2.44. The lowest BCUT2D eigenvalue weighted by molar-refractivity contribution is -0.123. The molecular formula is C8H14O2. The first-order chi connectivity index (χ1) is 4.75. The molecule has 2 heteroatoms. The summed E-state index contributed by atoms with van der Waals surface area (Å²) in [7, 11) is 1.69. The van der Waals surface area contributed by atoms with Crippen LogP contribution in [0, 0.1) is 5.92 Å². The van der Waals surface area contributed by atoms with E-state index in [0.717, 1.165) is 19.3 Å². The SMILES string of the molecule is COC1CCCC1C(C)=O. The summed E-state index contributed by atoms with van der Waals surface area (Å²) >= 11 is 0. The van der Waals surface area contributed by atoms with E-state index in [1.807, 2.05) is 0 Å². The minimum absolute atomic E-state index is 0.185. The van der Waals surface area contributed by atoms with Gasteiger partial charge >= 0.3 is 0 Å². The van der Waals surface area contributed by atoms with Crippen molar-refractivity contribution in [3.63, 3.8) is 0 Å². The summed E-state index contributed by atoms with van der Waals surface area (Å²) in [4.78, 5) is 10.9. The van der Waals surface area contributed by atoms with Crippen LogP contribution in [0.25, 0.3) is 0 Å². The minimum atomic E-state index is 0.185. The van der Waals surface area contributed by atoms with E-state index in [1.54, 1.807) is 14.0 Å². The minimum Gasteiger partial charge on any atom is -0.381 e. The Bertz CT molecular complexity index is 131. The summed E-state index contributed by atoms with van der Waals surface area (Å²) in [5, 5.41) is 0. The van der Waals surface area contributed by atoms with Crippen molar-refractivity contribution in [3.8, 4) is 0 Å². The van der Waals surface area contributed by atoms with E-state index in [9.17, 15) is 4.79 Å². The third-order valence-corrected chi connectivity index (χ3v) is 2.28. The zero-order chi connectivity index (χ0) is 7.56. The van der Waals surface area contributed by atoms with Gasteiger partial charge in [-0.2, -0.15) is 0 Å². The zero-order valence-electron chi connectivity index (χ0n) is 6.59. The maximum Gasteiger partial charge on any atom is 0.135 e. The zero-order valence-corrected chi connectivity index (χ0v) is 6.59. The molecule has 0 spiro atoms. The van der Waals surface area contributed by atoms with E-state index in [0.29, 0.717) is 0 Å². The molecule has 0 aromatic rings. The van der Waals surface area contributed by atoms with E-state index in [-0.39, 0.29) is 17.8 Å². The molecule has 1 saturated carbocycles. The molecular weight excluding hydrogens is 128 g/mol. The van der Waals surface area contributed by atoms with Crippen molar-refractivity contribution in [2.75, 3.05) is 7.11 Å². The van der Waals surface area contributed by atoms with Crippen molar-refractivity contribution < 1.29 is 9.53 Å². The van der Waals surface area contributed by atoms with Crippen LogP contribution in [0.2, 0.25) is 0 Å². The van der Waals surface area contributed by atoms with Crippen LogP contribution in [0.4, 0.5) is 0 Å². The molecule has 58 valence electrons. The molecule has 1 aliphatic carbocycles. The van der Waals surface area contributed by atoms with Crippen LogP contribution >= 0.6 is 0 Å². The van der Waals surface area contributed by atoms with E-state index in [2.05, 4.69) is 0 Å². The lowest BCUT2D eigenvalue weighted by Gasteiger charge is -2.13. The van der Waals surface area contributed by atoms with Crippen LogP contribution in [0.15, 0.2) is 0 Å². The molecule has 0 N–H and O–H groups in total. The maximum absolute atomic E-state index is 10.9. The van der Waals surface area contributed by atoms with Crippen LogP contribution < -0.4 is 0 Å². The molecule has 1 rings (SSSR count). The summed E-state index contributed by atoms with van der Waals surface area (Å²) in [6.07, 6.45) is 3.43. The van der Waals surface area contributed by atoms with Crippen molar-refractivity contribution >= 4 is 5.78 Å². The van der Waals surface area contributed by atoms with Crippen molar-refractivity contribution in [2.24, 2.45) is 5.92 Å². The Morgan fingerprint density at radius 2 is 2.20 bits per heavy atom. The molecule has 0 amide bonds. The van der Waals surface area contributed by atoms with Gasteiger partial charge in [-0.15, -0.1) is 0 Å². The fraction of sp³-hybridized carbons (Fsp3) is 0.875. The molecule has 1 aliphatic rings. The number of hydrogen-bond donors (Lipinski definition) is 0. The highest BCUT2D eigenvalue weighted by atomic mass is 16.5. The molecule has 0 aromatic heterocycles. The molecule has 2 atom stereocenters. The second kappa shape index (κ2) is 3.15. The summed E-state index contributed by atoms with van der Waals surface area (Å²) in [5.74, 6) is 0.467. The molecule has 0 radical (unpaired) electrons.